The Kier molecular flexibility index (Phi) is 8.95. The van der Waals surface area contributed by atoms with Crippen LogP contribution in [-0.2, 0) is 4.79 Å². The molecular weight excluding hydrogens is 294 g/mol. The lowest BCUT2D eigenvalue weighted by atomic mass is 10.1. The molecule has 0 fully saturated rings. The minimum absolute atomic E-state index is 0.112. The van der Waals surface area contributed by atoms with Crippen LogP contribution in [0.25, 0.3) is 0 Å². The zero-order valence-corrected chi connectivity index (χ0v) is 14.0. The Bertz CT molecular complexity index is 488. The second kappa shape index (κ2) is 10.8. The van der Waals surface area contributed by atoms with Gasteiger partial charge in [0.1, 0.15) is 0 Å². The number of hydrogen-bond donors (Lipinski definition) is 4. The molecule has 1 aromatic carbocycles. The molecule has 0 saturated carbocycles. The Morgan fingerprint density at radius 1 is 0.870 bits per heavy atom. The highest BCUT2D eigenvalue weighted by molar-refractivity contribution is 5.93. The number of phenols is 3. The van der Waals surface area contributed by atoms with E-state index in [2.05, 4.69) is 12.2 Å². The van der Waals surface area contributed by atoms with Crippen molar-refractivity contribution in [2.45, 2.75) is 71.1 Å². The van der Waals surface area contributed by atoms with Crippen molar-refractivity contribution < 1.29 is 20.1 Å². The normalized spacial score (nSPS) is 10.7. The summed E-state index contributed by atoms with van der Waals surface area (Å²) in [5.41, 5.74) is 0.112. The summed E-state index contributed by atoms with van der Waals surface area (Å²) in [7, 11) is 0. The van der Waals surface area contributed by atoms with Gasteiger partial charge in [0.05, 0.1) is 5.69 Å². The zero-order chi connectivity index (χ0) is 17.1. The number of carbonyl (C=O) groups is 1. The largest absolute Gasteiger partial charge is 0.504 e. The molecule has 0 aliphatic heterocycles. The van der Waals surface area contributed by atoms with Gasteiger partial charge in [-0.2, -0.15) is 0 Å². The summed E-state index contributed by atoms with van der Waals surface area (Å²) in [6.45, 7) is 2.21. The van der Waals surface area contributed by atoms with Crippen LogP contribution in [0.1, 0.15) is 71.1 Å². The molecule has 1 rings (SSSR count). The summed E-state index contributed by atoms with van der Waals surface area (Å²) >= 11 is 0. The Balaban J connectivity index is 2.15. The van der Waals surface area contributed by atoms with Gasteiger partial charge < -0.3 is 20.6 Å². The van der Waals surface area contributed by atoms with Gasteiger partial charge in [-0.1, -0.05) is 58.3 Å². The maximum Gasteiger partial charge on any atom is 0.224 e. The molecular formula is C18H29NO4. The fraction of sp³-hybridized carbons (Fsp3) is 0.611. The minimum Gasteiger partial charge on any atom is -0.504 e. The summed E-state index contributed by atoms with van der Waals surface area (Å²) in [5.74, 6) is -1.75. The van der Waals surface area contributed by atoms with Crippen molar-refractivity contribution in [3.8, 4) is 17.2 Å². The van der Waals surface area contributed by atoms with Crippen molar-refractivity contribution in [3.63, 3.8) is 0 Å². The molecule has 1 aromatic rings. The highest BCUT2D eigenvalue weighted by Gasteiger charge is 2.12. The molecule has 0 aliphatic carbocycles. The van der Waals surface area contributed by atoms with Gasteiger partial charge in [-0.25, -0.2) is 0 Å². The molecule has 0 aliphatic rings. The maximum atomic E-state index is 11.8. The first-order valence-corrected chi connectivity index (χ1v) is 8.60. The van der Waals surface area contributed by atoms with Gasteiger partial charge >= 0.3 is 0 Å². The Morgan fingerprint density at radius 2 is 1.43 bits per heavy atom. The van der Waals surface area contributed by atoms with Gasteiger partial charge in [0.25, 0.3) is 0 Å². The van der Waals surface area contributed by atoms with Crippen molar-refractivity contribution >= 4 is 11.6 Å². The average molecular weight is 323 g/mol. The van der Waals surface area contributed by atoms with Crippen LogP contribution in [0.3, 0.4) is 0 Å². The molecule has 1 amide bonds. The van der Waals surface area contributed by atoms with Crippen molar-refractivity contribution in [3.05, 3.63) is 12.1 Å². The quantitative estimate of drug-likeness (QED) is 0.271. The van der Waals surface area contributed by atoms with Gasteiger partial charge in [-0.05, 0) is 18.6 Å². The summed E-state index contributed by atoms with van der Waals surface area (Å²) in [4.78, 5) is 11.8. The number of amides is 1. The van der Waals surface area contributed by atoms with E-state index in [1.807, 2.05) is 0 Å². The number of anilines is 1. The molecule has 0 radical (unpaired) electrons. The Morgan fingerprint density at radius 3 is 2.04 bits per heavy atom. The lowest BCUT2D eigenvalue weighted by Gasteiger charge is -2.09. The fourth-order valence-electron chi connectivity index (χ4n) is 2.48. The molecule has 0 heterocycles. The van der Waals surface area contributed by atoms with E-state index in [-0.39, 0.29) is 11.6 Å². The predicted octanol–water partition coefficient (Wildman–Crippen LogP) is 4.66. The van der Waals surface area contributed by atoms with E-state index in [1.165, 1.54) is 50.7 Å². The highest BCUT2D eigenvalue weighted by Crippen LogP contribution is 2.40. The summed E-state index contributed by atoms with van der Waals surface area (Å²) in [6.07, 6.45) is 11.1. The molecule has 4 N–H and O–H groups in total. The number of benzene rings is 1. The molecule has 0 unspecified atom stereocenters. The number of phenolic OH excluding ortho intramolecular Hbond substituents is 3. The average Bonchev–Trinajstić information content (AvgIpc) is 2.54. The zero-order valence-electron chi connectivity index (χ0n) is 14.0. The van der Waals surface area contributed by atoms with Crippen LogP contribution >= 0.6 is 0 Å². The van der Waals surface area contributed by atoms with Crippen molar-refractivity contribution in [2.75, 3.05) is 5.32 Å². The van der Waals surface area contributed by atoms with Crippen LogP contribution < -0.4 is 5.32 Å². The second-order valence-electron chi connectivity index (χ2n) is 5.96. The van der Waals surface area contributed by atoms with Crippen LogP contribution in [0, 0.1) is 0 Å². The lowest BCUT2D eigenvalue weighted by molar-refractivity contribution is -0.116. The van der Waals surface area contributed by atoms with Gasteiger partial charge in [0.15, 0.2) is 11.5 Å². The predicted molar refractivity (Wildman–Crippen MR) is 91.9 cm³/mol. The molecule has 0 bridgehead atoms. The van der Waals surface area contributed by atoms with E-state index in [9.17, 15) is 20.1 Å². The summed E-state index contributed by atoms with van der Waals surface area (Å²) < 4.78 is 0. The second-order valence-corrected chi connectivity index (χ2v) is 5.96. The van der Waals surface area contributed by atoms with Crippen molar-refractivity contribution in [2.24, 2.45) is 0 Å². The smallest absolute Gasteiger partial charge is 0.224 e. The van der Waals surface area contributed by atoms with Gasteiger partial charge in [-0.3, -0.25) is 4.79 Å². The van der Waals surface area contributed by atoms with Crippen molar-refractivity contribution in [1.29, 1.82) is 0 Å². The molecule has 5 heteroatoms. The summed E-state index contributed by atoms with van der Waals surface area (Å²) in [6, 6.07) is 2.59. The third-order valence-corrected chi connectivity index (χ3v) is 3.91. The number of hydrogen-bond acceptors (Lipinski definition) is 4. The monoisotopic (exact) mass is 323 g/mol. The van der Waals surface area contributed by atoms with Gasteiger partial charge in [0, 0.05) is 6.42 Å². The number of nitrogens with one attached hydrogen (secondary N) is 1. The number of aromatic hydroxyl groups is 3. The van der Waals surface area contributed by atoms with E-state index in [4.69, 9.17) is 0 Å². The first kappa shape index (κ1) is 19.1. The first-order chi connectivity index (χ1) is 11.1. The molecule has 23 heavy (non-hydrogen) atoms. The van der Waals surface area contributed by atoms with Gasteiger partial charge in [0.2, 0.25) is 11.7 Å². The Hall–Kier alpha value is -1.91. The van der Waals surface area contributed by atoms with E-state index in [0.29, 0.717) is 6.42 Å². The standard InChI is InChI=1S/C18H29NO4/c1-2-3-4-5-6-7-8-9-10-11-16(21)19-14-12-13-15(20)18(23)17(14)22/h12-13,20,22-23H,2-11H2,1H3,(H,19,21). The lowest BCUT2D eigenvalue weighted by Crippen LogP contribution is -2.11. The molecule has 5 nitrogen and oxygen atoms in total. The molecule has 0 atom stereocenters. The minimum atomic E-state index is -0.620. The number of unbranched alkanes of at least 4 members (excludes halogenated alkanes) is 8. The van der Waals surface area contributed by atoms with Crippen LogP contribution in [0.5, 0.6) is 17.2 Å². The maximum absolute atomic E-state index is 11.8. The molecule has 130 valence electrons. The Labute approximate surface area is 138 Å². The molecule has 0 saturated heterocycles. The topological polar surface area (TPSA) is 89.8 Å². The van der Waals surface area contributed by atoms with Crippen LogP contribution in [0.4, 0.5) is 5.69 Å². The highest BCUT2D eigenvalue weighted by atomic mass is 16.3. The first-order valence-electron chi connectivity index (χ1n) is 8.60. The van der Waals surface area contributed by atoms with E-state index in [1.54, 1.807) is 0 Å². The molecule has 0 spiro atoms. The van der Waals surface area contributed by atoms with Gasteiger partial charge in [-0.15, -0.1) is 0 Å². The van der Waals surface area contributed by atoms with E-state index >= 15 is 0 Å². The van der Waals surface area contributed by atoms with Crippen LogP contribution in [0.15, 0.2) is 12.1 Å². The fourth-order valence-corrected chi connectivity index (χ4v) is 2.48. The van der Waals surface area contributed by atoms with E-state index in [0.717, 1.165) is 19.3 Å². The number of rotatable bonds is 11. The third kappa shape index (κ3) is 7.26. The number of carbonyl (C=O) groups excluding carboxylic acids is 1. The van der Waals surface area contributed by atoms with E-state index < -0.39 is 17.2 Å². The SMILES string of the molecule is CCCCCCCCCCCC(=O)Nc1ccc(O)c(O)c1O. The van der Waals surface area contributed by atoms with Crippen LogP contribution in [0.2, 0.25) is 0 Å². The third-order valence-electron chi connectivity index (χ3n) is 3.91. The summed E-state index contributed by atoms with van der Waals surface area (Å²) in [5, 5.41) is 30.8. The molecule has 0 aromatic heterocycles. The van der Waals surface area contributed by atoms with Crippen molar-refractivity contribution in [1.82, 2.24) is 0 Å². The van der Waals surface area contributed by atoms with Crippen LogP contribution in [-0.4, -0.2) is 21.2 Å².